The van der Waals surface area contributed by atoms with Gasteiger partial charge in [0.05, 0.1) is 0 Å². The molecule has 0 aliphatic heterocycles. The Hall–Kier alpha value is -0.870. The minimum Gasteiger partial charge on any atom is -0.382 e. The Morgan fingerprint density at radius 3 is 2.88 bits per heavy atom. The normalized spacial score (nSPS) is 12.9. The predicted octanol–water partition coefficient (Wildman–Crippen LogP) is 1.76. The number of aryl methyl sites for hydroxylation is 2. The number of nitrogens with zero attached hydrogens (tertiary/aromatic N) is 2. The van der Waals surface area contributed by atoms with E-state index in [2.05, 4.69) is 14.9 Å². The van der Waals surface area contributed by atoms with Crippen LogP contribution in [-0.4, -0.2) is 35.9 Å². The number of aromatic nitrogens is 2. The van der Waals surface area contributed by atoms with E-state index in [1.807, 2.05) is 33.4 Å². The third-order valence-electron chi connectivity index (χ3n) is 3.09. The zero-order valence-electron chi connectivity index (χ0n) is 11.3. The van der Waals surface area contributed by atoms with Crippen molar-refractivity contribution in [3.8, 4) is 0 Å². The second kappa shape index (κ2) is 8.25. The van der Waals surface area contributed by atoms with Crippen molar-refractivity contribution >= 4 is 0 Å². The van der Waals surface area contributed by atoms with Gasteiger partial charge in [-0.1, -0.05) is 0 Å². The summed E-state index contributed by atoms with van der Waals surface area (Å²) in [7, 11) is 4.08. The van der Waals surface area contributed by atoms with Crippen LogP contribution in [0.3, 0.4) is 0 Å². The number of hydrogen-bond acceptors (Lipinski definition) is 3. The summed E-state index contributed by atoms with van der Waals surface area (Å²) in [5.41, 5.74) is 0. The number of nitrogens with one attached hydrogen (secondary N) is 1. The maximum absolute atomic E-state index is 5.35. The van der Waals surface area contributed by atoms with Crippen LogP contribution in [0.25, 0.3) is 0 Å². The van der Waals surface area contributed by atoms with Gasteiger partial charge in [0.25, 0.3) is 0 Å². The van der Waals surface area contributed by atoms with E-state index in [1.54, 1.807) is 0 Å². The first-order chi connectivity index (χ1) is 8.27. The van der Waals surface area contributed by atoms with E-state index < -0.39 is 0 Å². The average Bonchev–Trinajstić information content (AvgIpc) is 2.74. The van der Waals surface area contributed by atoms with Crippen LogP contribution in [-0.2, 0) is 18.2 Å². The number of hydrogen-bond donors (Lipinski definition) is 1. The summed E-state index contributed by atoms with van der Waals surface area (Å²) < 4.78 is 7.44. The Kier molecular flexibility index (Phi) is 6.89. The Labute approximate surface area is 104 Å². The standard InChI is InChI=1S/C13H25N3O/c1-4-17-11-5-6-12(14-2)7-8-13-15-9-10-16(13)3/h9-10,12,14H,4-8,11H2,1-3H3. The third-order valence-corrected chi connectivity index (χ3v) is 3.09. The molecule has 1 unspecified atom stereocenters. The molecule has 1 heterocycles. The molecule has 1 atom stereocenters. The molecule has 1 aromatic rings. The topological polar surface area (TPSA) is 39.1 Å². The molecule has 0 bridgehead atoms. The Bertz CT molecular complexity index is 299. The van der Waals surface area contributed by atoms with Crippen LogP contribution in [0, 0.1) is 0 Å². The largest absolute Gasteiger partial charge is 0.382 e. The molecular formula is C13H25N3O. The quantitative estimate of drug-likeness (QED) is 0.667. The van der Waals surface area contributed by atoms with Crippen molar-refractivity contribution in [1.29, 1.82) is 0 Å². The summed E-state index contributed by atoms with van der Waals surface area (Å²) in [4.78, 5) is 4.34. The third kappa shape index (κ3) is 5.33. The molecule has 0 radical (unpaired) electrons. The van der Waals surface area contributed by atoms with Crippen LogP contribution in [0.4, 0.5) is 0 Å². The SMILES string of the molecule is CCOCCCC(CCc1nccn1C)NC. The molecule has 1 N–H and O–H groups in total. The molecule has 4 heteroatoms. The molecular weight excluding hydrogens is 214 g/mol. The van der Waals surface area contributed by atoms with Gasteiger partial charge in [0, 0.05) is 45.1 Å². The van der Waals surface area contributed by atoms with Crippen LogP contribution in [0.15, 0.2) is 12.4 Å². The van der Waals surface area contributed by atoms with Gasteiger partial charge in [0.2, 0.25) is 0 Å². The fraction of sp³-hybridized carbons (Fsp3) is 0.769. The number of rotatable bonds is 9. The van der Waals surface area contributed by atoms with Gasteiger partial charge in [0.15, 0.2) is 0 Å². The van der Waals surface area contributed by atoms with Crippen LogP contribution < -0.4 is 5.32 Å². The summed E-state index contributed by atoms with van der Waals surface area (Å²) >= 11 is 0. The lowest BCUT2D eigenvalue weighted by Crippen LogP contribution is -2.26. The molecule has 4 nitrogen and oxygen atoms in total. The van der Waals surface area contributed by atoms with E-state index in [4.69, 9.17) is 4.74 Å². The molecule has 0 saturated carbocycles. The predicted molar refractivity (Wildman–Crippen MR) is 70.1 cm³/mol. The first kappa shape index (κ1) is 14.2. The molecule has 0 aliphatic rings. The number of imidazole rings is 1. The van der Waals surface area contributed by atoms with Crippen LogP contribution >= 0.6 is 0 Å². The monoisotopic (exact) mass is 239 g/mol. The van der Waals surface area contributed by atoms with Crippen molar-refractivity contribution in [3.05, 3.63) is 18.2 Å². The molecule has 1 aromatic heterocycles. The highest BCUT2D eigenvalue weighted by atomic mass is 16.5. The van der Waals surface area contributed by atoms with Gasteiger partial charge in [0.1, 0.15) is 5.82 Å². The lowest BCUT2D eigenvalue weighted by Gasteiger charge is -2.15. The molecule has 0 aromatic carbocycles. The van der Waals surface area contributed by atoms with Gasteiger partial charge in [-0.15, -0.1) is 0 Å². The minimum atomic E-state index is 0.562. The zero-order chi connectivity index (χ0) is 12.5. The number of ether oxygens (including phenoxy) is 1. The lowest BCUT2D eigenvalue weighted by atomic mass is 10.1. The van der Waals surface area contributed by atoms with Gasteiger partial charge in [-0.3, -0.25) is 0 Å². The van der Waals surface area contributed by atoms with Gasteiger partial charge < -0.3 is 14.6 Å². The van der Waals surface area contributed by atoms with Crippen molar-refractivity contribution in [3.63, 3.8) is 0 Å². The van der Waals surface area contributed by atoms with E-state index in [0.29, 0.717) is 6.04 Å². The molecule has 0 spiro atoms. The van der Waals surface area contributed by atoms with Gasteiger partial charge in [-0.2, -0.15) is 0 Å². The van der Waals surface area contributed by atoms with Crippen LogP contribution in [0.5, 0.6) is 0 Å². The summed E-state index contributed by atoms with van der Waals surface area (Å²) in [6.07, 6.45) is 8.32. The highest BCUT2D eigenvalue weighted by Crippen LogP contribution is 2.07. The Morgan fingerprint density at radius 1 is 1.47 bits per heavy atom. The van der Waals surface area contributed by atoms with Crippen LogP contribution in [0.1, 0.15) is 32.0 Å². The van der Waals surface area contributed by atoms with E-state index in [1.165, 1.54) is 6.42 Å². The highest BCUT2D eigenvalue weighted by Gasteiger charge is 2.08. The Morgan fingerprint density at radius 2 is 2.29 bits per heavy atom. The molecule has 98 valence electrons. The summed E-state index contributed by atoms with van der Waals surface area (Å²) in [5.74, 6) is 1.16. The van der Waals surface area contributed by atoms with Crippen molar-refractivity contribution in [2.24, 2.45) is 7.05 Å². The summed E-state index contributed by atoms with van der Waals surface area (Å²) in [6, 6.07) is 0.562. The van der Waals surface area contributed by atoms with Crippen molar-refractivity contribution in [2.75, 3.05) is 20.3 Å². The second-order valence-electron chi connectivity index (χ2n) is 4.32. The highest BCUT2D eigenvalue weighted by molar-refractivity contribution is 4.91. The fourth-order valence-corrected chi connectivity index (χ4v) is 1.95. The maximum atomic E-state index is 5.35. The van der Waals surface area contributed by atoms with Gasteiger partial charge >= 0.3 is 0 Å². The zero-order valence-corrected chi connectivity index (χ0v) is 11.3. The smallest absolute Gasteiger partial charge is 0.108 e. The molecule has 0 saturated heterocycles. The fourth-order valence-electron chi connectivity index (χ4n) is 1.95. The van der Waals surface area contributed by atoms with Crippen molar-refractivity contribution in [1.82, 2.24) is 14.9 Å². The second-order valence-corrected chi connectivity index (χ2v) is 4.32. The molecule has 0 aliphatic carbocycles. The van der Waals surface area contributed by atoms with E-state index in [9.17, 15) is 0 Å². The summed E-state index contributed by atoms with van der Waals surface area (Å²) in [6.45, 7) is 3.73. The molecule has 17 heavy (non-hydrogen) atoms. The minimum absolute atomic E-state index is 0.562. The average molecular weight is 239 g/mol. The van der Waals surface area contributed by atoms with Crippen molar-refractivity contribution in [2.45, 2.75) is 38.6 Å². The lowest BCUT2D eigenvalue weighted by molar-refractivity contribution is 0.140. The van der Waals surface area contributed by atoms with Crippen LogP contribution in [0.2, 0.25) is 0 Å². The first-order valence-corrected chi connectivity index (χ1v) is 6.49. The van der Waals surface area contributed by atoms with Crippen molar-refractivity contribution < 1.29 is 4.74 Å². The van der Waals surface area contributed by atoms with E-state index in [0.717, 1.165) is 38.3 Å². The first-order valence-electron chi connectivity index (χ1n) is 6.49. The van der Waals surface area contributed by atoms with Gasteiger partial charge in [-0.25, -0.2) is 4.98 Å². The molecule has 0 amide bonds. The maximum Gasteiger partial charge on any atom is 0.108 e. The molecule has 1 rings (SSSR count). The Balaban J connectivity index is 2.20. The van der Waals surface area contributed by atoms with Gasteiger partial charge in [-0.05, 0) is 33.2 Å². The molecule has 0 fully saturated rings. The van der Waals surface area contributed by atoms with E-state index in [-0.39, 0.29) is 0 Å². The summed E-state index contributed by atoms with van der Waals surface area (Å²) in [5, 5.41) is 3.37. The van der Waals surface area contributed by atoms with E-state index >= 15 is 0 Å².